The van der Waals surface area contributed by atoms with Gasteiger partial charge in [0.2, 0.25) is 0 Å². The summed E-state index contributed by atoms with van der Waals surface area (Å²) in [6.45, 7) is 0. The standard InChI is InChI=1S/C21H19ClN4O/c22-21-18-3-1-2-17(20(18)24-12-25-21)13-4-5-14(11-23)19(10-13)26-15-6-8-16(27)9-7-15/h1-5,10,12,15-16,26-27H,6-9H2. The van der Waals surface area contributed by atoms with Gasteiger partial charge in [0.25, 0.3) is 0 Å². The van der Waals surface area contributed by atoms with Gasteiger partial charge in [-0.2, -0.15) is 5.26 Å². The molecule has 2 N–H and O–H groups in total. The fourth-order valence-electron chi connectivity index (χ4n) is 3.66. The van der Waals surface area contributed by atoms with Crippen LogP contribution in [0.2, 0.25) is 5.15 Å². The topological polar surface area (TPSA) is 81.8 Å². The molecule has 0 amide bonds. The molecule has 0 unspecified atom stereocenters. The molecule has 136 valence electrons. The lowest BCUT2D eigenvalue weighted by Crippen LogP contribution is -2.28. The first-order valence-corrected chi connectivity index (χ1v) is 9.42. The van der Waals surface area contributed by atoms with E-state index in [-0.39, 0.29) is 12.1 Å². The number of aliphatic hydroxyl groups excluding tert-OH is 1. The highest BCUT2D eigenvalue weighted by Gasteiger charge is 2.20. The molecule has 1 fully saturated rings. The summed E-state index contributed by atoms with van der Waals surface area (Å²) in [6.07, 6.45) is 4.63. The summed E-state index contributed by atoms with van der Waals surface area (Å²) in [6, 6.07) is 14.1. The van der Waals surface area contributed by atoms with E-state index in [0.29, 0.717) is 10.7 Å². The molecule has 1 aliphatic rings. The summed E-state index contributed by atoms with van der Waals surface area (Å²) in [5, 5.41) is 23.9. The van der Waals surface area contributed by atoms with Crippen molar-refractivity contribution < 1.29 is 5.11 Å². The Bertz CT molecular complexity index is 1020. The molecule has 6 heteroatoms. The van der Waals surface area contributed by atoms with Crippen molar-refractivity contribution in [3.63, 3.8) is 0 Å². The van der Waals surface area contributed by atoms with E-state index < -0.39 is 0 Å². The Hall–Kier alpha value is -2.68. The lowest BCUT2D eigenvalue weighted by atomic mass is 9.92. The maximum absolute atomic E-state index is 9.71. The Kier molecular flexibility index (Phi) is 4.93. The number of nitrogens with zero attached hydrogens (tertiary/aromatic N) is 3. The molecule has 0 bridgehead atoms. The molecule has 2 aromatic carbocycles. The van der Waals surface area contributed by atoms with Gasteiger partial charge in [-0.15, -0.1) is 0 Å². The summed E-state index contributed by atoms with van der Waals surface area (Å²) in [7, 11) is 0. The number of hydrogen-bond acceptors (Lipinski definition) is 5. The van der Waals surface area contributed by atoms with E-state index in [1.165, 1.54) is 6.33 Å². The van der Waals surface area contributed by atoms with E-state index in [9.17, 15) is 10.4 Å². The quantitative estimate of drug-likeness (QED) is 0.654. The number of aromatic nitrogens is 2. The van der Waals surface area contributed by atoms with Crippen molar-refractivity contribution in [3.05, 3.63) is 53.4 Å². The molecule has 0 aliphatic heterocycles. The Morgan fingerprint density at radius 3 is 2.70 bits per heavy atom. The van der Waals surface area contributed by atoms with Gasteiger partial charge in [0, 0.05) is 17.0 Å². The van der Waals surface area contributed by atoms with Crippen molar-refractivity contribution in [2.45, 2.75) is 37.8 Å². The first-order valence-electron chi connectivity index (χ1n) is 9.04. The second-order valence-corrected chi connectivity index (χ2v) is 7.25. The maximum atomic E-state index is 9.71. The second kappa shape index (κ2) is 7.51. The van der Waals surface area contributed by atoms with Gasteiger partial charge in [-0.3, -0.25) is 0 Å². The van der Waals surface area contributed by atoms with Crippen molar-refractivity contribution in [2.75, 3.05) is 5.32 Å². The summed E-state index contributed by atoms with van der Waals surface area (Å²) < 4.78 is 0. The van der Waals surface area contributed by atoms with E-state index in [1.54, 1.807) is 0 Å². The Labute approximate surface area is 162 Å². The number of hydrogen-bond donors (Lipinski definition) is 2. The number of rotatable bonds is 3. The average Bonchev–Trinajstić information content (AvgIpc) is 2.70. The third-order valence-corrected chi connectivity index (χ3v) is 5.42. The van der Waals surface area contributed by atoms with E-state index in [4.69, 9.17) is 11.6 Å². The Morgan fingerprint density at radius 2 is 1.93 bits per heavy atom. The molecule has 27 heavy (non-hydrogen) atoms. The van der Waals surface area contributed by atoms with Crippen molar-refractivity contribution in [1.82, 2.24) is 9.97 Å². The smallest absolute Gasteiger partial charge is 0.140 e. The van der Waals surface area contributed by atoms with Gasteiger partial charge in [0.1, 0.15) is 17.5 Å². The molecular formula is C21H19ClN4O. The maximum Gasteiger partial charge on any atom is 0.140 e. The van der Waals surface area contributed by atoms with Gasteiger partial charge in [0.15, 0.2) is 0 Å². The molecule has 4 rings (SSSR count). The van der Waals surface area contributed by atoms with Crippen molar-refractivity contribution in [1.29, 1.82) is 5.26 Å². The van der Waals surface area contributed by atoms with Gasteiger partial charge in [-0.25, -0.2) is 9.97 Å². The van der Waals surface area contributed by atoms with Crippen LogP contribution in [0.4, 0.5) is 5.69 Å². The highest BCUT2D eigenvalue weighted by Crippen LogP contribution is 2.33. The summed E-state index contributed by atoms with van der Waals surface area (Å²) in [4.78, 5) is 8.45. The van der Waals surface area contributed by atoms with E-state index >= 15 is 0 Å². The molecule has 5 nitrogen and oxygen atoms in total. The van der Waals surface area contributed by atoms with Crippen LogP contribution in [0.15, 0.2) is 42.7 Å². The molecule has 3 aromatic rings. The van der Waals surface area contributed by atoms with Gasteiger partial charge in [-0.05, 0) is 49.4 Å². The van der Waals surface area contributed by atoms with Crippen LogP contribution < -0.4 is 5.32 Å². The van der Waals surface area contributed by atoms with Crippen LogP contribution in [0.1, 0.15) is 31.2 Å². The summed E-state index contributed by atoms with van der Waals surface area (Å²) in [5.41, 5.74) is 4.12. The van der Waals surface area contributed by atoms with Gasteiger partial charge < -0.3 is 10.4 Å². The molecule has 0 saturated heterocycles. The number of nitriles is 1. The van der Waals surface area contributed by atoms with E-state index in [2.05, 4.69) is 21.4 Å². The zero-order chi connectivity index (χ0) is 18.8. The minimum Gasteiger partial charge on any atom is -0.393 e. The minimum atomic E-state index is -0.204. The highest BCUT2D eigenvalue weighted by atomic mass is 35.5. The predicted octanol–water partition coefficient (Wildman–Crippen LogP) is 4.54. The first kappa shape index (κ1) is 17.7. The van der Waals surface area contributed by atoms with Crippen LogP contribution >= 0.6 is 11.6 Å². The van der Waals surface area contributed by atoms with E-state index in [0.717, 1.165) is 53.4 Å². The lowest BCUT2D eigenvalue weighted by molar-refractivity contribution is 0.126. The molecular weight excluding hydrogens is 360 g/mol. The third-order valence-electron chi connectivity index (χ3n) is 5.12. The van der Waals surface area contributed by atoms with Crippen molar-refractivity contribution in [2.24, 2.45) is 0 Å². The number of fused-ring (bicyclic) bond motifs is 1. The molecule has 1 saturated carbocycles. The van der Waals surface area contributed by atoms with Crippen LogP contribution in [0.25, 0.3) is 22.0 Å². The second-order valence-electron chi connectivity index (χ2n) is 6.89. The number of aliphatic hydroxyl groups is 1. The fourth-order valence-corrected chi connectivity index (χ4v) is 3.85. The Morgan fingerprint density at radius 1 is 1.11 bits per heavy atom. The highest BCUT2D eigenvalue weighted by molar-refractivity contribution is 6.34. The monoisotopic (exact) mass is 378 g/mol. The third kappa shape index (κ3) is 3.59. The van der Waals surface area contributed by atoms with Gasteiger partial charge >= 0.3 is 0 Å². The Balaban J connectivity index is 1.73. The molecule has 1 aliphatic carbocycles. The summed E-state index contributed by atoms with van der Waals surface area (Å²) in [5.74, 6) is 0. The number of benzene rings is 2. The largest absolute Gasteiger partial charge is 0.393 e. The molecule has 0 spiro atoms. The number of nitrogens with one attached hydrogen (secondary N) is 1. The zero-order valence-corrected chi connectivity index (χ0v) is 15.4. The van der Waals surface area contributed by atoms with Crippen molar-refractivity contribution >= 4 is 28.2 Å². The van der Waals surface area contributed by atoms with Crippen LogP contribution in [0.5, 0.6) is 0 Å². The van der Waals surface area contributed by atoms with Crippen LogP contribution in [0, 0.1) is 11.3 Å². The number of halogens is 1. The van der Waals surface area contributed by atoms with Crippen LogP contribution in [0.3, 0.4) is 0 Å². The predicted molar refractivity (Wildman–Crippen MR) is 107 cm³/mol. The normalized spacial score (nSPS) is 19.6. The number of anilines is 1. The van der Waals surface area contributed by atoms with Crippen LogP contribution in [-0.2, 0) is 0 Å². The van der Waals surface area contributed by atoms with Crippen molar-refractivity contribution in [3.8, 4) is 17.2 Å². The summed E-state index contributed by atoms with van der Waals surface area (Å²) >= 11 is 6.21. The fraction of sp³-hybridized carbons (Fsp3) is 0.286. The van der Waals surface area contributed by atoms with Gasteiger partial charge in [0.05, 0.1) is 22.9 Å². The first-order chi connectivity index (χ1) is 13.2. The lowest BCUT2D eigenvalue weighted by Gasteiger charge is -2.27. The molecule has 0 atom stereocenters. The van der Waals surface area contributed by atoms with Gasteiger partial charge in [-0.1, -0.05) is 29.8 Å². The van der Waals surface area contributed by atoms with E-state index in [1.807, 2.05) is 36.4 Å². The average molecular weight is 379 g/mol. The molecule has 1 aromatic heterocycles. The number of para-hydroxylation sites is 1. The van der Waals surface area contributed by atoms with Crippen LogP contribution in [-0.4, -0.2) is 27.2 Å². The minimum absolute atomic E-state index is 0.204. The molecule has 0 radical (unpaired) electrons. The molecule has 1 heterocycles. The SMILES string of the molecule is N#Cc1ccc(-c2cccc3c(Cl)ncnc23)cc1NC1CCC(O)CC1. The zero-order valence-electron chi connectivity index (χ0n) is 14.7.